The van der Waals surface area contributed by atoms with Crippen LogP contribution in [0.1, 0.15) is 29.0 Å². The van der Waals surface area contributed by atoms with E-state index in [9.17, 15) is 4.79 Å². The smallest absolute Gasteiger partial charge is 0.325 e. The summed E-state index contributed by atoms with van der Waals surface area (Å²) < 4.78 is 6.45. The summed E-state index contributed by atoms with van der Waals surface area (Å²) in [6.45, 7) is 0. The highest BCUT2D eigenvalue weighted by molar-refractivity contribution is 5.97. The first-order valence-electron chi connectivity index (χ1n) is 9.73. The molecule has 2 amide bonds. The van der Waals surface area contributed by atoms with Gasteiger partial charge in [-0.1, -0.05) is 78.9 Å². The number of nitrogens with one attached hydrogen (secondary N) is 1. The summed E-state index contributed by atoms with van der Waals surface area (Å²) in [7, 11) is 0. The lowest BCUT2D eigenvalue weighted by atomic mass is 9.87. The van der Waals surface area contributed by atoms with E-state index in [1.807, 2.05) is 71.6 Å². The van der Waals surface area contributed by atoms with Crippen LogP contribution in [0.5, 0.6) is 5.75 Å². The largest absolute Gasteiger partial charge is 0.466 e. The Labute approximate surface area is 168 Å². The van der Waals surface area contributed by atoms with Gasteiger partial charge in [-0.3, -0.25) is 4.90 Å². The summed E-state index contributed by atoms with van der Waals surface area (Å²) >= 11 is 0. The minimum Gasteiger partial charge on any atom is -0.466 e. The Bertz CT molecular complexity index is 1250. The van der Waals surface area contributed by atoms with Crippen LogP contribution in [0.2, 0.25) is 0 Å². The maximum atomic E-state index is 13.3. The lowest BCUT2D eigenvalue weighted by molar-refractivity contribution is 0.0154. The summed E-state index contributed by atoms with van der Waals surface area (Å²) in [4.78, 5) is 15.1. The first-order valence-corrected chi connectivity index (χ1v) is 9.73. The molecule has 2 atom stereocenters. The predicted molar refractivity (Wildman–Crippen MR) is 113 cm³/mol. The van der Waals surface area contributed by atoms with E-state index in [0.29, 0.717) is 0 Å². The Morgan fingerprint density at radius 1 is 0.793 bits per heavy atom. The van der Waals surface area contributed by atoms with Gasteiger partial charge in [0.2, 0.25) is 6.23 Å². The van der Waals surface area contributed by atoms with Crippen LogP contribution >= 0.6 is 0 Å². The minimum atomic E-state index is -0.497. The SMILES string of the molecule is O=C1Nc2ccccc2[C@@H]2c3c(ccc4ccccc34)O[C@@H](c3ccccc3)N12. The Morgan fingerprint density at radius 2 is 1.55 bits per heavy atom. The number of hydrogen-bond acceptors (Lipinski definition) is 2. The van der Waals surface area contributed by atoms with Gasteiger partial charge in [0.05, 0.1) is 6.04 Å². The molecule has 140 valence electrons. The van der Waals surface area contributed by atoms with Crippen molar-refractivity contribution in [3.05, 3.63) is 108 Å². The van der Waals surface area contributed by atoms with Crippen molar-refractivity contribution >= 4 is 22.5 Å². The number of urea groups is 1. The van der Waals surface area contributed by atoms with Gasteiger partial charge in [-0.25, -0.2) is 4.79 Å². The Hall–Kier alpha value is -3.79. The number of nitrogens with zero attached hydrogens (tertiary/aromatic N) is 1. The zero-order valence-corrected chi connectivity index (χ0v) is 15.6. The van der Waals surface area contributed by atoms with E-state index in [0.717, 1.165) is 38.9 Å². The zero-order valence-electron chi connectivity index (χ0n) is 15.6. The van der Waals surface area contributed by atoms with E-state index in [1.54, 1.807) is 0 Å². The molecule has 29 heavy (non-hydrogen) atoms. The number of para-hydroxylation sites is 1. The molecule has 4 aromatic carbocycles. The molecule has 2 heterocycles. The van der Waals surface area contributed by atoms with Crippen molar-refractivity contribution in [1.82, 2.24) is 4.90 Å². The number of amides is 2. The van der Waals surface area contributed by atoms with Gasteiger partial charge >= 0.3 is 6.03 Å². The van der Waals surface area contributed by atoms with Crippen LogP contribution in [-0.4, -0.2) is 10.9 Å². The summed E-state index contributed by atoms with van der Waals surface area (Å²) in [6.07, 6.45) is -0.497. The second-order valence-electron chi connectivity index (χ2n) is 7.41. The maximum absolute atomic E-state index is 13.3. The highest BCUT2D eigenvalue weighted by Crippen LogP contribution is 2.51. The van der Waals surface area contributed by atoms with E-state index in [1.165, 1.54) is 0 Å². The fourth-order valence-corrected chi connectivity index (χ4v) is 4.52. The summed E-state index contributed by atoms with van der Waals surface area (Å²) in [5, 5.41) is 5.29. The van der Waals surface area contributed by atoms with E-state index < -0.39 is 6.23 Å². The molecule has 0 aromatic heterocycles. The van der Waals surface area contributed by atoms with Crippen LogP contribution in [0.4, 0.5) is 10.5 Å². The molecule has 4 aromatic rings. The highest BCUT2D eigenvalue weighted by Gasteiger charge is 2.45. The van der Waals surface area contributed by atoms with Crippen LogP contribution in [0.15, 0.2) is 91.0 Å². The van der Waals surface area contributed by atoms with Gasteiger partial charge in [0.15, 0.2) is 0 Å². The van der Waals surface area contributed by atoms with Crippen molar-refractivity contribution in [2.45, 2.75) is 12.3 Å². The third-order valence-corrected chi connectivity index (χ3v) is 5.79. The molecule has 0 aliphatic carbocycles. The molecule has 2 aliphatic rings. The molecular weight excluding hydrogens is 360 g/mol. The number of fused-ring (bicyclic) bond motifs is 7. The molecule has 0 unspecified atom stereocenters. The highest BCUT2D eigenvalue weighted by atomic mass is 16.5. The molecule has 6 rings (SSSR count). The molecule has 1 N–H and O–H groups in total. The Balaban J connectivity index is 1.67. The quantitative estimate of drug-likeness (QED) is 0.450. The fourth-order valence-electron chi connectivity index (χ4n) is 4.52. The van der Waals surface area contributed by atoms with E-state index in [2.05, 4.69) is 29.6 Å². The van der Waals surface area contributed by atoms with Crippen molar-refractivity contribution < 1.29 is 9.53 Å². The number of benzene rings is 4. The Kier molecular flexibility index (Phi) is 3.41. The number of carbonyl (C=O) groups is 1. The summed E-state index contributed by atoms with van der Waals surface area (Å²) in [5.74, 6) is 0.823. The lowest BCUT2D eigenvalue weighted by Gasteiger charge is -2.46. The van der Waals surface area contributed by atoms with Crippen LogP contribution in [0.25, 0.3) is 10.8 Å². The molecule has 0 fully saturated rings. The van der Waals surface area contributed by atoms with Crippen molar-refractivity contribution in [3.63, 3.8) is 0 Å². The molecule has 4 nitrogen and oxygen atoms in total. The summed E-state index contributed by atoms with van der Waals surface area (Å²) in [6, 6.07) is 29.9. The molecule has 0 spiro atoms. The number of carbonyl (C=O) groups excluding carboxylic acids is 1. The zero-order chi connectivity index (χ0) is 19.4. The van der Waals surface area contributed by atoms with E-state index in [-0.39, 0.29) is 12.1 Å². The topological polar surface area (TPSA) is 41.6 Å². The fraction of sp³-hybridized carbons (Fsp3) is 0.0800. The lowest BCUT2D eigenvalue weighted by Crippen LogP contribution is -2.49. The van der Waals surface area contributed by atoms with Gasteiger partial charge in [0.25, 0.3) is 0 Å². The van der Waals surface area contributed by atoms with Gasteiger partial charge in [-0.2, -0.15) is 0 Å². The van der Waals surface area contributed by atoms with E-state index in [4.69, 9.17) is 4.74 Å². The third-order valence-electron chi connectivity index (χ3n) is 5.79. The molecule has 4 heteroatoms. The molecule has 0 saturated carbocycles. The maximum Gasteiger partial charge on any atom is 0.325 e. The standard InChI is InChI=1S/C25H18N2O2/c28-25-26-20-13-7-6-12-19(20)23-22-18-11-5-4-8-16(18)14-15-21(22)29-24(27(23)25)17-9-2-1-3-10-17/h1-15,23-24H,(H,26,28)/t23-,24+/m1/s1. The predicted octanol–water partition coefficient (Wildman–Crippen LogP) is 5.87. The number of ether oxygens (including phenoxy) is 1. The normalized spacial score (nSPS) is 19.6. The molecule has 0 radical (unpaired) electrons. The van der Waals surface area contributed by atoms with Gasteiger partial charge in [-0.05, 0) is 22.9 Å². The summed E-state index contributed by atoms with van der Waals surface area (Å²) in [5.41, 5.74) is 3.92. The van der Waals surface area contributed by atoms with Gasteiger partial charge in [0, 0.05) is 22.4 Å². The second kappa shape index (κ2) is 6.11. The second-order valence-corrected chi connectivity index (χ2v) is 7.41. The number of hydrogen-bond donors (Lipinski definition) is 1. The first kappa shape index (κ1) is 16.2. The van der Waals surface area contributed by atoms with Gasteiger partial charge < -0.3 is 10.1 Å². The van der Waals surface area contributed by atoms with Crippen molar-refractivity contribution in [1.29, 1.82) is 0 Å². The number of anilines is 1. The first-order chi connectivity index (χ1) is 14.3. The van der Waals surface area contributed by atoms with E-state index >= 15 is 0 Å². The van der Waals surface area contributed by atoms with Crippen molar-refractivity contribution in [3.8, 4) is 5.75 Å². The van der Waals surface area contributed by atoms with Crippen LogP contribution in [-0.2, 0) is 0 Å². The van der Waals surface area contributed by atoms with Gasteiger partial charge in [0.1, 0.15) is 5.75 Å². The van der Waals surface area contributed by atoms with Crippen LogP contribution in [0, 0.1) is 0 Å². The van der Waals surface area contributed by atoms with Crippen LogP contribution in [0.3, 0.4) is 0 Å². The average molecular weight is 378 g/mol. The van der Waals surface area contributed by atoms with Crippen LogP contribution < -0.4 is 10.1 Å². The van der Waals surface area contributed by atoms with Crippen molar-refractivity contribution in [2.75, 3.05) is 5.32 Å². The van der Waals surface area contributed by atoms with Gasteiger partial charge in [-0.15, -0.1) is 0 Å². The molecule has 0 saturated heterocycles. The molecular formula is C25H18N2O2. The number of rotatable bonds is 1. The van der Waals surface area contributed by atoms with Crippen molar-refractivity contribution in [2.24, 2.45) is 0 Å². The third kappa shape index (κ3) is 2.36. The minimum absolute atomic E-state index is 0.152. The average Bonchev–Trinajstić information content (AvgIpc) is 2.78. The molecule has 0 bridgehead atoms. The Morgan fingerprint density at radius 3 is 2.45 bits per heavy atom. The molecule has 2 aliphatic heterocycles. The monoisotopic (exact) mass is 378 g/mol.